The second kappa shape index (κ2) is 7.01. The van der Waals surface area contributed by atoms with Gasteiger partial charge >= 0.3 is 0 Å². The van der Waals surface area contributed by atoms with E-state index in [1.807, 2.05) is 38.1 Å². The van der Waals surface area contributed by atoms with E-state index in [0.29, 0.717) is 6.54 Å². The quantitative estimate of drug-likeness (QED) is 0.805. The molecule has 0 fully saturated rings. The standard InChI is InChI=1S/C14H22N2O2/c1-10(2)13(15-3)14(17)16-9-11-5-7-12(18-4)8-6-11/h5-8,10,13,15H,9H2,1-4H3,(H,16,17). The van der Waals surface area contributed by atoms with Gasteiger partial charge in [0.25, 0.3) is 0 Å². The fourth-order valence-electron chi connectivity index (χ4n) is 1.81. The van der Waals surface area contributed by atoms with Gasteiger partial charge in [-0.2, -0.15) is 0 Å². The van der Waals surface area contributed by atoms with E-state index in [2.05, 4.69) is 10.6 Å². The first-order valence-corrected chi connectivity index (χ1v) is 6.16. The van der Waals surface area contributed by atoms with E-state index in [1.165, 1.54) is 0 Å². The van der Waals surface area contributed by atoms with Crippen LogP contribution >= 0.6 is 0 Å². The Kier molecular flexibility index (Phi) is 5.65. The molecule has 4 nitrogen and oxygen atoms in total. The smallest absolute Gasteiger partial charge is 0.237 e. The van der Waals surface area contributed by atoms with Crippen LogP contribution in [0.5, 0.6) is 5.75 Å². The summed E-state index contributed by atoms with van der Waals surface area (Å²) in [5, 5.41) is 5.95. The van der Waals surface area contributed by atoms with Crippen molar-refractivity contribution < 1.29 is 9.53 Å². The van der Waals surface area contributed by atoms with Crippen LogP contribution in [0.15, 0.2) is 24.3 Å². The van der Waals surface area contributed by atoms with Crippen molar-refractivity contribution in [2.45, 2.75) is 26.4 Å². The molecule has 0 aliphatic rings. The molecule has 0 aliphatic heterocycles. The monoisotopic (exact) mass is 250 g/mol. The Hall–Kier alpha value is -1.55. The summed E-state index contributed by atoms with van der Waals surface area (Å²) in [5.74, 6) is 1.12. The lowest BCUT2D eigenvalue weighted by Gasteiger charge is -2.19. The molecule has 1 amide bonds. The molecule has 0 heterocycles. The maximum Gasteiger partial charge on any atom is 0.237 e. The number of carbonyl (C=O) groups excluding carboxylic acids is 1. The molecule has 1 atom stereocenters. The molecule has 2 N–H and O–H groups in total. The van der Waals surface area contributed by atoms with Crippen molar-refractivity contribution in [1.29, 1.82) is 0 Å². The predicted octanol–water partition coefficient (Wildman–Crippen LogP) is 1.56. The molecule has 0 aliphatic carbocycles. The molecule has 0 spiro atoms. The summed E-state index contributed by atoms with van der Waals surface area (Å²) in [7, 11) is 3.44. The number of hydrogen-bond acceptors (Lipinski definition) is 3. The zero-order valence-corrected chi connectivity index (χ0v) is 11.5. The van der Waals surface area contributed by atoms with Crippen molar-refractivity contribution in [2.75, 3.05) is 14.2 Å². The van der Waals surface area contributed by atoms with E-state index in [-0.39, 0.29) is 17.9 Å². The highest BCUT2D eigenvalue weighted by atomic mass is 16.5. The van der Waals surface area contributed by atoms with Gasteiger partial charge in [-0.25, -0.2) is 0 Å². The number of amides is 1. The molecule has 1 aromatic rings. The molecule has 100 valence electrons. The van der Waals surface area contributed by atoms with Gasteiger partial charge in [0.05, 0.1) is 13.2 Å². The number of hydrogen-bond donors (Lipinski definition) is 2. The Morgan fingerprint density at radius 1 is 1.28 bits per heavy atom. The Morgan fingerprint density at radius 3 is 2.33 bits per heavy atom. The van der Waals surface area contributed by atoms with Crippen molar-refractivity contribution >= 4 is 5.91 Å². The Morgan fingerprint density at radius 2 is 1.89 bits per heavy atom. The minimum absolute atomic E-state index is 0.0309. The van der Waals surface area contributed by atoms with Gasteiger partial charge in [-0.15, -0.1) is 0 Å². The van der Waals surface area contributed by atoms with Gasteiger partial charge in [-0.05, 0) is 30.7 Å². The summed E-state index contributed by atoms with van der Waals surface area (Å²) in [6.45, 7) is 4.58. The van der Waals surface area contributed by atoms with Gasteiger partial charge in [-0.3, -0.25) is 4.79 Å². The van der Waals surface area contributed by atoms with Crippen LogP contribution in [0, 0.1) is 5.92 Å². The Labute approximate surface area is 109 Å². The van der Waals surface area contributed by atoms with Gasteiger partial charge in [-0.1, -0.05) is 26.0 Å². The van der Waals surface area contributed by atoms with Gasteiger partial charge in [0.2, 0.25) is 5.91 Å². The van der Waals surface area contributed by atoms with Crippen LogP contribution in [0.4, 0.5) is 0 Å². The van der Waals surface area contributed by atoms with Crippen LogP contribution in [0.2, 0.25) is 0 Å². The average Bonchev–Trinajstić information content (AvgIpc) is 2.37. The van der Waals surface area contributed by atoms with E-state index in [9.17, 15) is 4.79 Å². The minimum atomic E-state index is -0.150. The molecule has 0 bridgehead atoms. The third-order valence-corrected chi connectivity index (χ3v) is 2.89. The van der Waals surface area contributed by atoms with Crippen LogP contribution in [-0.4, -0.2) is 26.1 Å². The fraction of sp³-hybridized carbons (Fsp3) is 0.500. The van der Waals surface area contributed by atoms with Crippen LogP contribution in [0.25, 0.3) is 0 Å². The van der Waals surface area contributed by atoms with Crippen molar-refractivity contribution in [3.63, 3.8) is 0 Å². The number of likely N-dealkylation sites (N-methyl/N-ethyl adjacent to an activating group) is 1. The zero-order valence-electron chi connectivity index (χ0n) is 11.5. The number of benzene rings is 1. The van der Waals surface area contributed by atoms with E-state index in [4.69, 9.17) is 4.74 Å². The lowest BCUT2D eigenvalue weighted by atomic mass is 10.0. The molecule has 0 radical (unpaired) electrons. The van der Waals surface area contributed by atoms with Gasteiger partial charge in [0.15, 0.2) is 0 Å². The maximum absolute atomic E-state index is 11.9. The maximum atomic E-state index is 11.9. The van der Waals surface area contributed by atoms with Gasteiger partial charge in [0, 0.05) is 6.54 Å². The van der Waals surface area contributed by atoms with Crippen LogP contribution in [-0.2, 0) is 11.3 Å². The highest BCUT2D eigenvalue weighted by Gasteiger charge is 2.19. The first kappa shape index (κ1) is 14.5. The summed E-state index contributed by atoms with van der Waals surface area (Å²) in [6.07, 6.45) is 0. The van der Waals surface area contributed by atoms with E-state index in [1.54, 1.807) is 14.2 Å². The van der Waals surface area contributed by atoms with Crippen molar-refractivity contribution in [3.8, 4) is 5.75 Å². The topological polar surface area (TPSA) is 50.4 Å². The highest BCUT2D eigenvalue weighted by molar-refractivity contribution is 5.81. The first-order chi connectivity index (χ1) is 8.58. The molecule has 18 heavy (non-hydrogen) atoms. The summed E-state index contributed by atoms with van der Waals surface area (Å²) in [4.78, 5) is 11.9. The Balaban J connectivity index is 2.51. The fourth-order valence-corrected chi connectivity index (χ4v) is 1.81. The molecular weight excluding hydrogens is 228 g/mol. The molecule has 0 saturated carbocycles. The van der Waals surface area contributed by atoms with Crippen molar-refractivity contribution in [3.05, 3.63) is 29.8 Å². The molecular formula is C14H22N2O2. The van der Waals surface area contributed by atoms with Crippen LogP contribution in [0.1, 0.15) is 19.4 Å². The zero-order chi connectivity index (χ0) is 13.5. The molecule has 4 heteroatoms. The van der Waals surface area contributed by atoms with Crippen LogP contribution in [0.3, 0.4) is 0 Å². The van der Waals surface area contributed by atoms with E-state index < -0.39 is 0 Å². The summed E-state index contributed by atoms with van der Waals surface area (Å²) in [5.41, 5.74) is 1.06. The predicted molar refractivity (Wildman–Crippen MR) is 72.5 cm³/mol. The number of ether oxygens (including phenoxy) is 1. The largest absolute Gasteiger partial charge is 0.497 e. The molecule has 0 saturated heterocycles. The number of methoxy groups -OCH3 is 1. The van der Waals surface area contributed by atoms with E-state index >= 15 is 0 Å². The van der Waals surface area contributed by atoms with Gasteiger partial charge < -0.3 is 15.4 Å². The number of carbonyl (C=O) groups is 1. The number of rotatable bonds is 6. The molecule has 1 unspecified atom stereocenters. The lowest BCUT2D eigenvalue weighted by molar-refractivity contribution is -0.124. The summed E-state index contributed by atoms with van der Waals surface area (Å²) >= 11 is 0. The second-order valence-electron chi connectivity index (χ2n) is 4.58. The van der Waals surface area contributed by atoms with Crippen molar-refractivity contribution in [2.24, 2.45) is 5.92 Å². The summed E-state index contributed by atoms with van der Waals surface area (Å²) < 4.78 is 5.08. The van der Waals surface area contributed by atoms with Crippen LogP contribution < -0.4 is 15.4 Å². The average molecular weight is 250 g/mol. The first-order valence-electron chi connectivity index (χ1n) is 6.16. The lowest BCUT2D eigenvalue weighted by Crippen LogP contribution is -2.45. The second-order valence-corrected chi connectivity index (χ2v) is 4.58. The third kappa shape index (κ3) is 4.04. The van der Waals surface area contributed by atoms with Crippen molar-refractivity contribution in [1.82, 2.24) is 10.6 Å². The molecule has 0 aromatic heterocycles. The normalized spacial score (nSPS) is 12.3. The van der Waals surface area contributed by atoms with E-state index in [0.717, 1.165) is 11.3 Å². The third-order valence-electron chi connectivity index (χ3n) is 2.89. The Bertz CT molecular complexity index is 374. The van der Waals surface area contributed by atoms with Gasteiger partial charge in [0.1, 0.15) is 5.75 Å². The minimum Gasteiger partial charge on any atom is -0.497 e. The SMILES string of the molecule is CNC(C(=O)NCc1ccc(OC)cc1)C(C)C. The number of nitrogens with one attached hydrogen (secondary N) is 2. The summed E-state index contributed by atoms with van der Waals surface area (Å²) in [6, 6.07) is 7.52. The molecule has 1 rings (SSSR count). The highest BCUT2D eigenvalue weighted by Crippen LogP contribution is 2.11. The molecule has 1 aromatic carbocycles.